The zero-order chi connectivity index (χ0) is 18.1. The van der Waals surface area contributed by atoms with Gasteiger partial charge in [0.2, 0.25) is 0 Å². The molecule has 0 radical (unpaired) electrons. The van der Waals surface area contributed by atoms with Gasteiger partial charge in [0, 0.05) is 23.4 Å². The normalized spacial score (nSPS) is 24.6. The lowest BCUT2D eigenvalue weighted by atomic mass is 10.0. The molecule has 3 N–H and O–H groups in total. The lowest BCUT2D eigenvalue weighted by Crippen LogP contribution is -2.36. The molecule has 2 aliphatic rings. The summed E-state index contributed by atoms with van der Waals surface area (Å²) in [6, 6.07) is 5.18. The smallest absolute Gasteiger partial charge is 0.329 e. The van der Waals surface area contributed by atoms with Crippen LogP contribution in [0.4, 0.5) is 4.79 Å². The summed E-state index contributed by atoms with van der Waals surface area (Å²) in [5.74, 6) is -0.0562. The number of isothiocyanates is 1. The minimum absolute atomic E-state index is 0.103. The number of thiocarbonyl (C=S) groups is 1. The Morgan fingerprint density at radius 3 is 2.76 bits per heavy atom. The van der Waals surface area contributed by atoms with E-state index in [0.29, 0.717) is 11.7 Å². The van der Waals surface area contributed by atoms with Crippen LogP contribution >= 0.6 is 24.0 Å². The first-order valence-corrected chi connectivity index (χ1v) is 9.41. The van der Waals surface area contributed by atoms with Crippen LogP contribution in [-0.2, 0) is 4.79 Å². The molecule has 2 amide bonds. The molecule has 7 nitrogen and oxygen atoms in total. The number of hydrogen-bond acceptors (Lipinski definition) is 6. The first-order valence-electron chi connectivity index (χ1n) is 7.95. The molecule has 0 aliphatic carbocycles. The Balaban J connectivity index is 0.000000316. The van der Waals surface area contributed by atoms with E-state index in [9.17, 15) is 9.59 Å². The lowest BCUT2D eigenvalue weighted by Gasteiger charge is -2.16. The quantitative estimate of drug-likeness (QED) is 0.396. The van der Waals surface area contributed by atoms with E-state index in [4.69, 9.17) is 5.11 Å². The molecule has 2 aliphatic heterocycles. The van der Waals surface area contributed by atoms with Crippen LogP contribution in [0.2, 0.25) is 0 Å². The van der Waals surface area contributed by atoms with Gasteiger partial charge in [-0.2, -0.15) is 11.8 Å². The average molecular weight is 380 g/mol. The van der Waals surface area contributed by atoms with Crippen molar-refractivity contribution in [2.45, 2.75) is 42.6 Å². The van der Waals surface area contributed by atoms with Gasteiger partial charge in [0.15, 0.2) is 6.04 Å². The maximum absolute atomic E-state index is 11.2. The van der Waals surface area contributed by atoms with Crippen LogP contribution in [0.15, 0.2) is 35.6 Å². The molecule has 3 rings (SSSR count). The number of carbonyl (C=O) groups is 2. The van der Waals surface area contributed by atoms with E-state index in [-0.39, 0.29) is 18.1 Å². The zero-order valence-electron chi connectivity index (χ0n) is 13.5. The summed E-state index contributed by atoms with van der Waals surface area (Å²) < 4.78 is 0. The second-order valence-electron chi connectivity index (χ2n) is 5.65. The molecule has 0 saturated carbocycles. The number of thioether (sulfide) groups is 1. The van der Waals surface area contributed by atoms with Crippen LogP contribution in [0.25, 0.3) is 0 Å². The van der Waals surface area contributed by atoms with Crippen LogP contribution < -0.4 is 10.6 Å². The van der Waals surface area contributed by atoms with E-state index < -0.39 is 12.0 Å². The molecule has 1 unspecified atom stereocenters. The predicted octanol–water partition coefficient (Wildman–Crippen LogP) is 1.96. The number of pyridine rings is 1. The highest BCUT2D eigenvalue weighted by Crippen LogP contribution is 2.33. The molecule has 3 heterocycles. The molecule has 0 bridgehead atoms. The van der Waals surface area contributed by atoms with Gasteiger partial charge in [-0.15, -0.1) is 0 Å². The van der Waals surface area contributed by atoms with Crippen molar-refractivity contribution in [3.63, 3.8) is 0 Å². The molecule has 4 atom stereocenters. The Kier molecular flexibility index (Phi) is 7.84. The summed E-state index contributed by atoms with van der Waals surface area (Å²) in [7, 11) is 0. The molecule has 1 aromatic heterocycles. The van der Waals surface area contributed by atoms with Crippen molar-refractivity contribution in [2.75, 3.05) is 5.75 Å². The lowest BCUT2D eigenvalue weighted by molar-refractivity contribution is -0.138. The summed E-state index contributed by atoms with van der Waals surface area (Å²) in [6.45, 7) is 0. The van der Waals surface area contributed by atoms with Crippen LogP contribution in [0.1, 0.15) is 19.3 Å². The minimum Gasteiger partial charge on any atom is -0.480 e. The molecule has 0 aromatic carbocycles. The van der Waals surface area contributed by atoms with Gasteiger partial charge >= 0.3 is 12.0 Å². The number of hydrogen-bond donors (Lipinski definition) is 3. The molecular formula is C16H20N4O3S2. The van der Waals surface area contributed by atoms with E-state index in [1.807, 2.05) is 30.0 Å². The van der Waals surface area contributed by atoms with Crippen molar-refractivity contribution in [1.29, 1.82) is 0 Å². The Morgan fingerprint density at radius 2 is 2.20 bits per heavy atom. The van der Waals surface area contributed by atoms with Gasteiger partial charge in [0.1, 0.15) is 0 Å². The second-order valence-corrected chi connectivity index (χ2v) is 7.11. The Labute approximate surface area is 155 Å². The average Bonchev–Trinajstić information content (AvgIpc) is 3.16. The predicted molar refractivity (Wildman–Crippen MR) is 100 cm³/mol. The summed E-state index contributed by atoms with van der Waals surface area (Å²) in [6.07, 6.45) is 5.56. The van der Waals surface area contributed by atoms with Gasteiger partial charge in [-0.05, 0) is 43.6 Å². The van der Waals surface area contributed by atoms with E-state index in [0.717, 1.165) is 18.6 Å². The number of urea groups is 1. The van der Waals surface area contributed by atoms with Crippen molar-refractivity contribution in [1.82, 2.24) is 15.6 Å². The van der Waals surface area contributed by atoms with Gasteiger partial charge in [-0.3, -0.25) is 4.98 Å². The van der Waals surface area contributed by atoms with Crippen molar-refractivity contribution >= 4 is 41.1 Å². The van der Waals surface area contributed by atoms with Gasteiger partial charge in [0.25, 0.3) is 0 Å². The van der Waals surface area contributed by atoms with E-state index in [2.05, 4.69) is 38.0 Å². The number of carboxylic acid groups (broad SMARTS) is 1. The van der Waals surface area contributed by atoms with E-state index in [1.54, 1.807) is 12.4 Å². The largest absolute Gasteiger partial charge is 0.480 e. The van der Waals surface area contributed by atoms with Gasteiger partial charge < -0.3 is 15.7 Å². The summed E-state index contributed by atoms with van der Waals surface area (Å²) >= 11 is 6.26. The van der Waals surface area contributed by atoms with Crippen LogP contribution in [0.5, 0.6) is 0 Å². The zero-order valence-corrected chi connectivity index (χ0v) is 15.1. The number of carbonyl (C=O) groups excluding carboxylic acids is 1. The van der Waals surface area contributed by atoms with E-state index in [1.165, 1.54) is 0 Å². The number of aliphatic carboxylic acids is 1. The Bertz CT molecular complexity index is 596. The summed E-state index contributed by atoms with van der Waals surface area (Å²) in [5, 5.41) is 17.2. The third kappa shape index (κ3) is 6.12. The third-order valence-corrected chi connectivity index (χ3v) is 5.58. The maximum atomic E-state index is 11.2. The van der Waals surface area contributed by atoms with Crippen LogP contribution in [0.3, 0.4) is 0 Å². The molecular weight excluding hydrogens is 360 g/mol. The summed E-state index contributed by atoms with van der Waals surface area (Å²) in [4.78, 5) is 29.5. The number of aromatic nitrogens is 1. The van der Waals surface area contributed by atoms with Gasteiger partial charge in [0.05, 0.1) is 17.2 Å². The standard InChI is InChI=1S/C11H15N3O3S2.C5H5N/c15-10(16)6(12-5-18)2-1-3-8-9-7(4-19-8)13-11(17)14-9;1-2-4-6-5-3-1/h6-9H,1-4H2,(H,15,16)(H2,13,14,17);1-5H/t6?,7-,8-,9-;/m0./s1. The highest BCUT2D eigenvalue weighted by molar-refractivity contribution is 8.00. The number of carboxylic acids is 1. The first kappa shape index (κ1) is 19.4. The second kappa shape index (κ2) is 10.1. The number of nitrogens with zero attached hydrogens (tertiary/aromatic N) is 2. The highest BCUT2D eigenvalue weighted by Gasteiger charge is 2.42. The van der Waals surface area contributed by atoms with E-state index >= 15 is 0 Å². The molecule has 0 spiro atoms. The van der Waals surface area contributed by atoms with Crippen molar-refractivity contribution < 1.29 is 14.7 Å². The topological polar surface area (TPSA) is 104 Å². The SMILES string of the molecule is O=C1N[C@H]2[C@H](CS[C@H]2CCCC(N=C=S)C(=O)O)N1.c1ccncc1. The van der Waals surface area contributed by atoms with Crippen molar-refractivity contribution in [3.05, 3.63) is 30.6 Å². The monoisotopic (exact) mass is 380 g/mol. The fourth-order valence-corrected chi connectivity index (χ4v) is 4.45. The number of aliphatic imine (C=N–C) groups is 1. The molecule has 25 heavy (non-hydrogen) atoms. The fourth-order valence-electron chi connectivity index (χ4n) is 2.77. The molecule has 134 valence electrons. The Morgan fingerprint density at radius 1 is 1.44 bits per heavy atom. The molecule has 2 saturated heterocycles. The van der Waals surface area contributed by atoms with Gasteiger partial charge in [-0.1, -0.05) is 6.07 Å². The van der Waals surface area contributed by atoms with Crippen molar-refractivity contribution in [3.8, 4) is 0 Å². The minimum atomic E-state index is -0.967. The summed E-state index contributed by atoms with van der Waals surface area (Å²) in [5.41, 5.74) is 0. The first-order chi connectivity index (χ1) is 12.1. The van der Waals surface area contributed by atoms with Crippen molar-refractivity contribution in [2.24, 2.45) is 4.99 Å². The number of amides is 2. The molecule has 9 heteroatoms. The number of rotatable bonds is 6. The molecule has 2 fully saturated rings. The number of nitrogens with one attached hydrogen (secondary N) is 2. The fraction of sp³-hybridized carbons (Fsp3) is 0.500. The highest BCUT2D eigenvalue weighted by atomic mass is 32.2. The number of fused-ring (bicyclic) bond motifs is 1. The Hall–Kier alpha value is -1.96. The van der Waals surface area contributed by atoms with Crippen LogP contribution in [-0.4, -0.2) is 56.4 Å². The molecule has 1 aromatic rings. The maximum Gasteiger partial charge on any atom is 0.329 e. The van der Waals surface area contributed by atoms with Gasteiger partial charge in [-0.25, -0.2) is 14.6 Å². The van der Waals surface area contributed by atoms with Crippen LogP contribution in [0, 0.1) is 0 Å². The third-order valence-electron chi connectivity index (χ3n) is 3.96.